The molecule has 0 amide bonds. The van der Waals surface area contributed by atoms with Gasteiger partial charge in [0.25, 0.3) is 0 Å². The van der Waals surface area contributed by atoms with E-state index in [1.807, 2.05) is 10.7 Å². The van der Waals surface area contributed by atoms with Crippen molar-refractivity contribution in [2.24, 2.45) is 0 Å². The average molecular weight is 319 g/mol. The van der Waals surface area contributed by atoms with E-state index in [2.05, 4.69) is 80.6 Å². The fourth-order valence-electron chi connectivity index (χ4n) is 3.66. The molecule has 0 saturated carbocycles. The van der Waals surface area contributed by atoms with Gasteiger partial charge in [-0.05, 0) is 55.4 Å². The molecule has 0 aliphatic heterocycles. The maximum Gasteiger partial charge on any atom is 0.0833 e. The lowest BCUT2D eigenvalue weighted by Gasteiger charge is -2.17. The second kappa shape index (κ2) is 7.00. The molecule has 3 rings (SSSR count). The smallest absolute Gasteiger partial charge is 0.0833 e. The van der Waals surface area contributed by atoms with Crippen LogP contribution in [0.15, 0.2) is 48.7 Å². The average Bonchev–Trinajstić information content (AvgIpc) is 2.94. The number of hydrogen-bond acceptors (Lipinski definition) is 2. The molecule has 124 valence electrons. The molecule has 1 heterocycles. The number of aromatic nitrogens is 3. The minimum Gasteiger partial charge on any atom is -0.248 e. The fraction of sp³-hybridized carbons (Fsp3) is 0.333. The molecule has 2 aromatic carbocycles. The molecule has 0 aliphatic carbocycles. The lowest BCUT2D eigenvalue weighted by Crippen LogP contribution is -2.04. The SMILES string of the molecule is Cc1cc(C)c(C(C)Cc2cn(Cc3ccccc3)nn2)c(C)c1. The molecule has 0 radical (unpaired) electrons. The molecule has 0 aliphatic rings. The van der Waals surface area contributed by atoms with Crippen molar-refractivity contribution < 1.29 is 0 Å². The van der Waals surface area contributed by atoms with Crippen LogP contribution in [-0.2, 0) is 13.0 Å². The quantitative estimate of drug-likeness (QED) is 0.688. The highest BCUT2D eigenvalue weighted by molar-refractivity contribution is 5.40. The van der Waals surface area contributed by atoms with Gasteiger partial charge in [-0.1, -0.05) is 60.2 Å². The van der Waals surface area contributed by atoms with Gasteiger partial charge in [-0.2, -0.15) is 0 Å². The Labute approximate surface area is 144 Å². The van der Waals surface area contributed by atoms with E-state index < -0.39 is 0 Å². The molecule has 3 aromatic rings. The summed E-state index contributed by atoms with van der Waals surface area (Å²) in [5.41, 5.74) is 7.81. The fourth-order valence-corrected chi connectivity index (χ4v) is 3.66. The minimum atomic E-state index is 0.437. The van der Waals surface area contributed by atoms with Crippen molar-refractivity contribution in [2.45, 2.75) is 46.6 Å². The highest BCUT2D eigenvalue weighted by atomic mass is 15.4. The molecule has 0 N–H and O–H groups in total. The van der Waals surface area contributed by atoms with Gasteiger partial charge >= 0.3 is 0 Å². The Morgan fingerprint density at radius 3 is 2.33 bits per heavy atom. The van der Waals surface area contributed by atoms with E-state index in [1.54, 1.807) is 0 Å². The molecule has 1 unspecified atom stereocenters. The van der Waals surface area contributed by atoms with E-state index in [0.717, 1.165) is 18.7 Å². The van der Waals surface area contributed by atoms with E-state index in [4.69, 9.17) is 0 Å². The van der Waals surface area contributed by atoms with Gasteiger partial charge in [0, 0.05) is 6.20 Å². The molecule has 0 bridgehead atoms. The zero-order chi connectivity index (χ0) is 17.1. The number of aryl methyl sites for hydroxylation is 3. The topological polar surface area (TPSA) is 30.7 Å². The maximum absolute atomic E-state index is 4.37. The van der Waals surface area contributed by atoms with Crippen LogP contribution in [0, 0.1) is 20.8 Å². The lowest BCUT2D eigenvalue weighted by molar-refractivity contribution is 0.648. The van der Waals surface area contributed by atoms with E-state index in [9.17, 15) is 0 Å². The van der Waals surface area contributed by atoms with E-state index in [-0.39, 0.29) is 0 Å². The van der Waals surface area contributed by atoms with Crippen LogP contribution < -0.4 is 0 Å². The van der Waals surface area contributed by atoms with Crippen molar-refractivity contribution in [1.29, 1.82) is 0 Å². The van der Waals surface area contributed by atoms with Crippen LogP contribution in [0.25, 0.3) is 0 Å². The molecule has 0 spiro atoms. The third-order valence-corrected chi connectivity index (χ3v) is 4.52. The summed E-state index contributed by atoms with van der Waals surface area (Å²) in [5, 5.41) is 8.65. The Hall–Kier alpha value is -2.42. The van der Waals surface area contributed by atoms with Gasteiger partial charge in [-0.3, -0.25) is 0 Å². The van der Waals surface area contributed by atoms with Crippen molar-refractivity contribution in [2.75, 3.05) is 0 Å². The molecule has 24 heavy (non-hydrogen) atoms. The number of rotatable bonds is 5. The van der Waals surface area contributed by atoms with Crippen molar-refractivity contribution in [3.05, 3.63) is 82.2 Å². The molecule has 0 saturated heterocycles. The highest BCUT2D eigenvalue weighted by Gasteiger charge is 2.14. The third-order valence-electron chi connectivity index (χ3n) is 4.52. The summed E-state index contributed by atoms with van der Waals surface area (Å²) in [6.45, 7) is 9.62. The molecule has 0 fully saturated rings. The van der Waals surface area contributed by atoms with Crippen LogP contribution >= 0.6 is 0 Å². The lowest BCUT2D eigenvalue weighted by atomic mass is 9.88. The summed E-state index contributed by atoms with van der Waals surface area (Å²) in [5.74, 6) is 0.437. The number of hydrogen-bond donors (Lipinski definition) is 0. The largest absolute Gasteiger partial charge is 0.248 e. The first-order valence-corrected chi connectivity index (χ1v) is 8.53. The minimum absolute atomic E-state index is 0.437. The van der Waals surface area contributed by atoms with Crippen LogP contribution in [0.2, 0.25) is 0 Å². The summed E-state index contributed by atoms with van der Waals surface area (Å²) in [4.78, 5) is 0. The van der Waals surface area contributed by atoms with Crippen molar-refractivity contribution >= 4 is 0 Å². The van der Waals surface area contributed by atoms with Gasteiger partial charge in [-0.25, -0.2) is 4.68 Å². The molecular formula is C21H25N3. The first-order valence-electron chi connectivity index (χ1n) is 8.53. The summed E-state index contributed by atoms with van der Waals surface area (Å²) >= 11 is 0. The highest BCUT2D eigenvalue weighted by Crippen LogP contribution is 2.27. The Bertz CT molecular complexity index is 795. The third kappa shape index (κ3) is 3.73. The summed E-state index contributed by atoms with van der Waals surface area (Å²) in [6.07, 6.45) is 2.99. The van der Waals surface area contributed by atoms with Crippen LogP contribution in [0.5, 0.6) is 0 Å². The van der Waals surface area contributed by atoms with Gasteiger partial charge < -0.3 is 0 Å². The summed E-state index contributed by atoms with van der Waals surface area (Å²) < 4.78 is 1.92. The number of nitrogens with zero attached hydrogens (tertiary/aromatic N) is 3. The molecule has 1 aromatic heterocycles. The van der Waals surface area contributed by atoms with Gasteiger partial charge in [0.05, 0.1) is 12.2 Å². The van der Waals surface area contributed by atoms with E-state index in [0.29, 0.717) is 5.92 Å². The second-order valence-corrected chi connectivity index (χ2v) is 6.81. The van der Waals surface area contributed by atoms with E-state index in [1.165, 1.54) is 27.8 Å². The molecular weight excluding hydrogens is 294 g/mol. The van der Waals surface area contributed by atoms with Gasteiger partial charge in [-0.15, -0.1) is 5.10 Å². The monoisotopic (exact) mass is 319 g/mol. The van der Waals surface area contributed by atoms with Crippen molar-refractivity contribution in [1.82, 2.24) is 15.0 Å². The van der Waals surface area contributed by atoms with Gasteiger partial charge in [0.15, 0.2) is 0 Å². The normalized spacial score (nSPS) is 12.3. The predicted octanol–water partition coefficient (Wildman–Crippen LogP) is 4.60. The van der Waals surface area contributed by atoms with Crippen molar-refractivity contribution in [3.8, 4) is 0 Å². The number of benzene rings is 2. The first-order chi connectivity index (χ1) is 11.5. The summed E-state index contributed by atoms with van der Waals surface area (Å²) in [7, 11) is 0. The molecule has 1 atom stereocenters. The molecule has 3 nitrogen and oxygen atoms in total. The van der Waals surface area contributed by atoms with Crippen LogP contribution in [-0.4, -0.2) is 15.0 Å². The van der Waals surface area contributed by atoms with Gasteiger partial charge in [0.2, 0.25) is 0 Å². The van der Waals surface area contributed by atoms with E-state index >= 15 is 0 Å². The van der Waals surface area contributed by atoms with Crippen LogP contribution in [0.3, 0.4) is 0 Å². The van der Waals surface area contributed by atoms with Crippen LogP contribution in [0.4, 0.5) is 0 Å². The predicted molar refractivity (Wildman–Crippen MR) is 98.3 cm³/mol. The van der Waals surface area contributed by atoms with Crippen LogP contribution in [0.1, 0.15) is 46.4 Å². The Morgan fingerprint density at radius 2 is 1.67 bits per heavy atom. The Morgan fingerprint density at radius 1 is 1.00 bits per heavy atom. The Balaban J connectivity index is 1.73. The summed E-state index contributed by atoms with van der Waals surface area (Å²) in [6, 6.07) is 14.9. The zero-order valence-corrected chi connectivity index (χ0v) is 15.0. The Kier molecular flexibility index (Phi) is 4.79. The second-order valence-electron chi connectivity index (χ2n) is 6.81. The first kappa shape index (κ1) is 16.4. The molecule has 3 heteroatoms. The van der Waals surface area contributed by atoms with Crippen molar-refractivity contribution in [3.63, 3.8) is 0 Å². The maximum atomic E-state index is 4.37. The zero-order valence-electron chi connectivity index (χ0n) is 15.0. The van der Waals surface area contributed by atoms with Gasteiger partial charge in [0.1, 0.15) is 0 Å². The standard InChI is InChI=1S/C21H25N3/c1-15-10-16(2)21(17(3)11-15)18(4)12-20-14-24(23-22-20)13-19-8-6-5-7-9-19/h5-11,14,18H,12-13H2,1-4H3.